The van der Waals surface area contributed by atoms with Crippen molar-refractivity contribution in [3.63, 3.8) is 0 Å². The Bertz CT molecular complexity index is 260. The van der Waals surface area contributed by atoms with E-state index < -0.39 is 12.8 Å². The van der Waals surface area contributed by atoms with Crippen molar-refractivity contribution in [2.45, 2.75) is 30.8 Å². The van der Waals surface area contributed by atoms with Gasteiger partial charge in [0.05, 0.1) is 18.4 Å². The lowest BCUT2D eigenvalue weighted by molar-refractivity contribution is -0.175. The van der Waals surface area contributed by atoms with Crippen LogP contribution in [0.1, 0.15) is 19.3 Å². The summed E-state index contributed by atoms with van der Waals surface area (Å²) in [6.07, 6.45) is -2.66. The molecular weight excluding hydrogens is 259 g/mol. The molecule has 1 fully saturated rings. The van der Waals surface area contributed by atoms with Gasteiger partial charge in [-0.2, -0.15) is 13.2 Å². The average Bonchev–Trinajstić information content (AvgIpc) is 2.23. The van der Waals surface area contributed by atoms with Crippen molar-refractivity contribution < 1.29 is 22.7 Å². The third kappa shape index (κ3) is 6.12. The summed E-state index contributed by atoms with van der Waals surface area (Å²) >= 11 is 5.90. The van der Waals surface area contributed by atoms with Crippen molar-refractivity contribution in [3.8, 4) is 0 Å². The van der Waals surface area contributed by atoms with Crippen LogP contribution in [0.4, 0.5) is 13.2 Å². The number of rotatable bonds is 4. The number of alkyl halides is 4. The molecule has 0 bridgehead atoms. The molecule has 100 valence electrons. The SMILES string of the molecule is O=C(CCOCC(F)(F)F)N1CCCC(Cl)C1. The first-order chi connectivity index (χ1) is 7.88. The second-order valence-corrected chi connectivity index (χ2v) is 4.61. The number of ether oxygens (including phenoxy) is 1. The Morgan fingerprint density at radius 2 is 2.18 bits per heavy atom. The predicted octanol–water partition coefficient (Wildman–Crippen LogP) is 2.19. The second-order valence-electron chi connectivity index (χ2n) is 4.00. The molecular formula is C10H15ClF3NO2. The zero-order valence-electron chi connectivity index (χ0n) is 9.30. The minimum Gasteiger partial charge on any atom is -0.372 e. The van der Waals surface area contributed by atoms with Gasteiger partial charge in [0.25, 0.3) is 0 Å². The molecule has 1 unspecified atom stereocenters. The highest BCUT2D eigenvalue weighted by atomic mass is 35.5. The lowest BCUT2D eigenvalue weighted by Crippen LogP contribution is -2.40. The van der Waals surface area contributed by atoms with Gasteiger partial charge in [0.1, 0.15) is 6.61 Å². The summed E-state index contributed by atoms with van der Waals surface area (Å²) in [4.78, 5) is 13.2. The molecule has 1 saturated heterocycles. The smallest absolute Gasteiger partial charge is 0.372 e. The molecule has 3 nitrogen and oxygen atoms in total. The lowest BCUT2D eigenvalue weighted by atomic mass is 10.1. The van der Waals surface area contributed by atoms with E-state index >= 15 is 0 Å². The number of amides is 1. The number of carbonyl (C=O) groups excluding carboxylic acids is 1. The Morgan fingerprint density at radius 3 is 2.76 bits per heavy atom. The van der Waals surface area contributed by atoms with Gasteiger partial charge in [-0.05, 0) is 12.8 Å². The Balaban J connectivity index is 2.16. The van der Waals surface area contributed by atoms with Gasteiger partial charge < -0.3 is 9.64 Å². The van der Waals surface area contributed by atoms with Crippen LogP contribution in [0.3, 0.4) is 0 Å². The van der Waals surface area contributed by atoms with Crippen LogP contribution in [0.2, 0.25) is 0 Å². The van der Waals surface area contributed by atoms with Crippen LogP contribution in [-0.2, 0) is 9.53 Å². The molecule has 1 heterocycles. The van der Waals surface area contributed by atoms with Gasteiger partial charge in [0.15, 0.2) is 0 Å². The van der Waals surface area contributed by atoms with Gasteiger partial charge in [0, 0.05) is 13.1 Å². The van der Waals surface area contributed by atoms with Crippen molar-refractivity contribution in [1.29, 1.82) is 0 Å². The summed E-state index contributed by atoms with van der Waals surface area (Å²) in [5.74, 6) is -0.197. The van der Waals surface area contributed by atoms with Crippen LogP contribution in [0.25, 0.3) is 0 Å². The first kappa shape index (κ1) is 14.6. The molecule has 1 rings (SSSR count). The highest BCUT2D eigenvalue weighted by molar-refractivity contribution is 6.20. The standard InChI is InChI=1S/C10H15ClF3NO2/c11-8-2-1-4-15(6-8)9(16)3-5-17-7-10(12,13)14/h8H,1-7H2. The lowest BCUT2D eigenvalue weighted by Gasteiger charge is -2.29. The fourth-order valence-electron chi connectivity index (χ4n) is 1.66. The first-order valence-electron chi connectivity index (χ1n) is 5.45. The third-order valence-corrected chi connectivity index (χ3v) is 2.80. The molecule has 0 saturated carbocycles. The van der Waals surface area contributed by atoms with Crippen LogP contribution >= 0.6 is 11.6 Å². The normalized spacial score (nSPS) is 21.6. The molecule has 0 aliphatic carbocycles. The number of halogens is 4. The van der Waals surface area contributed by atoms with Crippen LogP contribution in [0, 0.1) is 0 Å². The Labute approximate surface area is 103 Å². The molecule has 1 amide bonds. The van der Waals surface area contributed by atoms with Crippen LogP contribution < -0.4 is 0 Å². The minimum atomic E-state index is -4.34. The van der Waals surface area contributed by atoms with Gasteiger partial charge in [-0.15, -0.1) is 11.6 Å². The van der Waals surface area contributed by atoms with E-state index in [9.17, 15) is 18.0 Å². The molecule has 1 aliphatic rings. The number of carbonyl (C=O) groups is 1. The first-order valence-corrected chi connectivity index (χ1v) is 5.88. The van der Waals surface area contributed by atoms with Crippen molar-refractivity contribution >= 4 is 17.5 Å². The maximum Gasteiger partial charge on any atom is 0.411 e. The largest absolute Gasteiger partial charge is 0.411 e. The van der Waals surface area contributed by atoms with E-state index in [1.165, 1.54) is 0 Å². The van der Waals surface area contributed by atoms with E-state index in [-0.39, 0.29) is 24.3 Å². The van der Waals surface area contributed by atoms with E-state index in [1.54, 1.807) is 4.90 Å². The summed E-state index contributed by atoms with van der Waals surface area (Å²) < 4.78 is 39.6. The summed E-state index contributed by atoms with van der Waals surface area (Å²) in [5, 5.41) is -0.0520. The molecule has 0 aromatic heterocycles. The molecule has 0 spiro atoms. The summed E-state index contributed by atoms with van der Waals surface area (Å²) in [6, 6.07) is 0. The van der Waals surface area contributed by atoms with Gasteiger partial charge in [-0.3, -0.25) is 4.79 Å². The summed E-state index contributed by atoms with van der Waals surface area (Å²) in [6.45, 7) is -0.415. The number of likely N-dealkylation sites (tertiary alicyclic amines) is 1. The molecule has 7 heteroatoms. The van der Waals surface area contributed by atoms with E-state index in [0.29, 0.717) is 13.1 Å². The van der Waals surface area contributed by atoms with E-state index in [2.05, 4.69) is 4.74 Å². The average molecular weight is 274 g/mol. The maximum absolute atomic E-state index is 11.7. The highest BCUT2D eigenvalue weighted by Gasteiger charge is 2.27. The zero-order valence-corrected chi connectivity index (χ0v) is 10.1. The minimum absolute atomic E-state index is 0.0281. The Hall–Kier alpha value is -0.490. The van der Waals surface area contributed by atoms with E-state index in [1.807, 2.05) is 0 Å². The molecule has 0 radical (unpaired) electrons. The molecule has 0 aromatic rings. The number of hydrogen-bond donors (Lipinski definition) is 0. The summed E-state index contributed by atoms with van der Waals surface area (Å²) in [7, 11) is 0. The molecule has 1 aliphatic heterocycles. The van der Waals surface area contributed by atoms with Crippen molar-refractivity contribution in [2.75, 3.05) is 26.3 Å². The predicted molar refractivity (Wildman–Crippen MR) is 56.9 cm³/mol. The maximum atomic E-state index is 11.7. The third-order valence-electron chi connectivity index (χ3n) is 2.44. The molecule has 17 heavy (non-hydrogen) atoms. The van der Waals surface area contributed by atoms with E-state index in [4.69, 9.17) is 11.6 Å². The molecule has 1 atom stereocenters. The molecule has 0 N–H and O–H groups in total. The summed E-state index contributed by atoms with van der Waals surface area (Å²) in [5.41, 5.74) is 0. The molecule has 0 aromatic carbocycles. The van der Waals surface area contributed by atoms with Crippen LogP contribution in [0.15, 0.2) is 0 Å². The highest BCUT2D eigenvalue weighted by Crippen LogP contribution is 2.16. The monoisotopic (exact) mass is 273 g/mol. The van der Waals surface area contributed by atoms with E-state index in [0.717, 1.165) is 12.8 Å². The van der Waals surface area contributed by atoms with Gasteiger partial charge in [-0.25, -0.2) is 0 Å². The van der Waals surface area contributed by atoms with Crippen LogP contribution in [-0.4, -0.2) is 48.7 Å². The van der Waals surface area contributed by atoms with Crippen molar-refractivity contribution in [2.24, 2.45) is 0 Å². The van der Waals surface area contributed by atoms with Crippen molar-refractivity contribution in [3.05, 3.63) is 0 Å². The fourth-order valence-corrected chi connectivity index (χ4v) is 1.98. The van der Waals surface area contributed by atoms with Gasteiger partial charge in [0.2, 0.25) is 5.91 Å². The van der Waals surface area contributed by atoms with Crippen molar-refractivity contribution in [1.82, 2.24) is 4.90 Å². The number of piperidine rings is 1. The van der Waals surface area contributed by atoms with Gasteiger partial charge >= 0.3 is 6.18 Å². The van der Waals surface area contributed by atoms with Gasteiger partial charge in [-0.1, -0.05) is 0 Å². The van der Waals surface area contributed by atoms with Crippen LogP contribution in [0.5, 0.6) is 0 Å². The zero-order chi connectivity index (χ0) is 12.9. The Morgan fingerprint density at radius 1 is 1.47 bits per heavy atom. The Kier molecular flexibility index (Phi) is 5.52. The number of nitrogens with zero attached hydrogens (tertiary/aromatic N) is 1. The topological polar surface area (TPSA) is 29.5 Å². The number of hydrogen-bond acceptors (Lipinski definition) is 2. The second kappa shape index (κ2) is 6.44. The fraction of sp³-hybridized carbons (Fsp3) is 0.900. The quantitative estimate of drug-likeness (QED) is 0.580.